The summed E-state index contributed by atoms with van der Waals surface area (Å²) in [4.78, 5) is 6.34. The Hall–Kier alpha value is -1.49. The number of hydrogen-bond donors (Lipinski definition) is 0. The van der Waals surface area contributed by atoms with Crippen LogP contribution in [-0.4, -0.2) is 52.4 Å². The van der Waals surface area contributed by atoms with E-state index in [0.717, 1.165) is 36.2 Å². The van der Waals surface area contributed by atoms with Crippen molar-refractivity contribution in [2.75, 3.05) is 18.0 Å². The van der Waals surface area contributed by atoms with Crippen LogP contribution in [0.25, 0.3) is 0 Å². The van der Waals surface area contributed by atoms with E-state index in [0.29, 0.717) is 30.9 Å². The Bertz CT molecular complexity index is 1160. The van der Waals surface area contributed by atoms with Gasteiger partial charge in [0, 0.05) is 13.1 Å². The Morgan fingerprint density at radius 1 is 0.969 bits per heavy atom. The SMILES string of the molecule is Cc1ccc(S(=O)(=O)c2nc(S(=O)(=O)C3CCCCC3)sc2N2CC(C)OC(C)C2)cc1. The highest BCUT2D eigenvalue weighted by molar-refractivity contribution is 7.94. The van der Waals surface area contributed by atoms with E-state index in [9.17, 15) is 16.8 Å². The van der Waals surface area contributed by atoms with E-state index in [-0.39, 0.29) is 26.5 Å². The third-order valence-electron chi connectivity index (χ3n) is 6.09. The van der Waals surface area contributed by atoms with Crippen molar-refractivity contribution in [2.24, 2.45) is 0 Å². The van der Waals surface area contributed by atoms with Crippen molar-refractivity contribution in [3.05, 3.63) is 29.8 Å². The summed E-state index contributed by atoms with van der Waals surface area (Å²) >= 11 is 0.988. The highest BCUT2D eigenvalue weighted by atomic mass is 32.2. The van der Waals surface area contributed by atoms with Gasteiger partial charge in [0.15, 0.2) is 5.03 Å². The van der Waals surface area contributed by atoms with E-state index in [2.05, 4.69) is 4.98 Å². The van der Waals surface area contributed by atoms with Gasteiger partial charge in [0.1, 0.15) is 5.00 Å². The molecular formula is C22H30N2O5S3. The van der Waals surface area contributed by atoms with Crippen molar-refractivity contribution >= 4 is 36.0 Å². The van der Waals surface area contributed by atoms with Gasteiger partial charge in [0.2, 0.25) is 24.0 Å². The lowest BCUT2D eigenvalue weighted by atomic mass is 10.0. The molecule has 0 radical (unpaired) electrons. The Balaban J connectivity index is 1.83. The van der Waals surface area contributed by atoms with Gasteiger partial charge in [0.05, 0.1) is 22.4 Å². The van der Waals surface area contributed by atoms with Crippen LogP contribution in [0, 0.1) is 6.92 Å². The Morgan fingerprint density at radius 3 is 2.16 bits per heavy atom. The third kappa shape index (κ3) is 4.60. The molecule has 176 valence electrons. The fraction of sp³-hybridized carbons (Fsp3) is 0.591. The minimum absolute atomic E-state index is 0.0862. The van der Waals surface area contributed by atoms with E-state index >= 15 is 0 Å². The first-order chi connectivity index (χ1) is 15.1. The first-order valence-corrected chi connectivity index (χ1v) is 14.9. The molecule has 2 atom stereocenters. The molecule has 0 amide bonds. The zero-order valence-electron chi connectivity index (χ0n) is 18.7. The van der Waals surface area contributed by atoms with Crippen molar-refractivity contribution in [3.8, 4) is 0 Å². The lowest BCUT2D eigenvalue weighted by molar-refractivity contribution is -0.00517. The summed E-state index contributed by atoms with van der Waals surface area (Å²) in [7, 11) is -7.68. The van der Waals surface area contributed by atoms with Crippen molar-refractivity contribution in [1.82, 2.24) is 4.98 Å². The molecule has 0 spiro atoms. The van der Waals surface area contributed by atoms with Gasteiger partial charge in [-0.1, -0.05) is 48.3 Å². The second kappa shape index (κ2) is 9.04. The van der Waals surface area contributed by atoms with Crippen LogP contribution in [0.2, 0.25) is 0 Å². The van der Waals surface area contributed by atoms with Crippen LogP contribution in [0.15, 0.2) is 38.5 Å². The molecule has 2 unspecified atom stereocenters. The number of ether oxygens (including phenoxy) is 1. The molecular weight excluding hydrogens is 468 g/mol. The number of sulfone groups is 2. The predicted octanol–water partition coefficient (Wildman–Crippen LogP) is 4.00. The number of benzene rings is 1. The smallest absolute Gasteiger partial charge is 0.226 e. The van der Waals surface area contributed by atoms with Gasteiger partial charge >= 0.3 is 0 Å². The van der Waals surface area contributed by atoms with Crippen LogP contribution in [-0.2, 0) is 24.4 Å². The molecule has 2 aliphatic rings. The maximum Gasteiger partial charge on any atom is 0.226 e. The number of hydrogen-bond acceptors (Lipinski definition) is 8. The maximum absolute atomic E-state index is 13.6. The second-order valence-corrected chi connectivity index (χ2v) is 14.1. The molecule has 1 aliphatic carbocycles. The Morgan fingerprint density at radius 2 is 1.56 bits per heavy atom. The van der Waals surface area contributed by atoms with Crippen molar-refractivity contribution in [3.63, 3.8) is 0 Å². The minimum atomic E-state index is -3.99. The summed E-state index contributed by atoms with van der Waals surface area (Å²) in [6.45, 7) is 6.70. The number of thiazole rings is 1. The highest BCUT2D eigenvalue weighted by Gasteiger charge is 2.38. The molecule has 1 aliphatic heterocycles. The predicted molar refractivity (Wildman–Crippen MR) is 125 cm³/mol. The van der Waals surface area contributed by atoms with Gasteiger partial charge in [-0.2, -0.15) is 0 Å². The zero-order valence-corrected chi connectivity index (χ0v) is 21.1. The van der Waals surface area contributed by atoms with Crippen molar-refractivity contribution in [2.45, 2.75) is 84.6 Å². The summed E-state index contributed by atoms with van der Waals surface area (Å²) in [5, 5.41) is -0.267. The van der Waals surface area contributed by atoms with Gasteiger partial charge < -0.3 is 9.64 Å². The van der Waals surface area contributed by atoms with Crippen LogP contribution in [0.5, 0.6) is 0 Å². The summed E-state index contributed by atoms with van der Waals surface area (Å²) in [6.07, 6.45) is 3.77. The van der Waals surface area contributed by atoms with E-state index in [1.807, 2.05) is 25.7 Å². The quantitative estimate of drug-likeness (QED) is 0.615. The summed E-state index contributed by atoms with van der Waals surface area (Å²) < 4.78 is 59.6. The Labute approximate surface area is 194 Å². The fourth-order valence-corrected chi connectivity index (χ4v) is 9.61. The molecule has 0 N–H and O–H groups in total. The number of rotatable bonds is 5. The average molecular weight is 499 g/mol. The van der Waals surface area contributed by atoms with Gasteiger partial charge in [0.25, 0.3) is 0 Å². The number of morpholine rings is 1. The summed E-state index contributed by atoms with van der Waals surface area (Å²) in [6, 6.07) is 6.57. The van der Waals surface area contributed by atoms with Crippen LogP contribution in [0.4, 0.5) is 5.00 Å². The zero-order chi connectivity index (χ0) is 23.1. The van der Waals surface area contributed by atoms with Gasteiger partial charge in [-0.05, 0) is 45.7 Å². The molecule has 1 aromatic carbocycles. The topological polar surface area (TPSA) is 93.6 Å². The minimum Gasteiger partial charge on any atom is -0.372 e. The van der Waals surface area contributed by atoms with Crippen LogP contribution < -0.4 is 4.90 Å². The normalized spacial score (nSPS) is 23.4. The third-order valence-corrected chi connectivity index (χ3v) is 11.7. The first-order valence-electron chi connectivity index (χ1n) is 11.1. The lowest BCUT2D eigenvalue weighted by Crippen LogP contribution is -2.45. The van der Waals surface area contributed by atoms with E-state index in [4.69, 9.17) is 4.74 Å². The maximum atomic E-state index is 13.6. The van der Waals surface area contributed by atoms with E-state index in [1.54, 1.807) is 24.3 Å². The van der Waals surface area contributed by atoms with Gasteiger partial charge in [-0.3, -0.25) is 0 Å². The summed E-state index contributed by atoms with van der Waals surface area (Å²) in [5.41, 5.74) is 0.943. The van der Waals surface area contributed by atoms with Crippen molar-refractivity contribution < 1.29 is 21.6 Å². The van der Waals surface area contributed by atoms with E-state index in [1.165, 1.54) is 0 Å². The average Bonchev–Trinajstić information content (AvgIpc) is 3.21. The van der Waals surface area contributed by atoms with Gasteiger partial charge in [-0.15, -0.1) is 0 Å². The van der Waals surface area contributed by atoms with E-state index < -0.39 is 24.9 Å². The molecule has 1 aromatic heterocycles. The molecule has 32 heavy (non-hydrogen) atoms. The van der Waals surface area contributed by atoms with Crippen LogP contribution in [0.3, 0.4) is 0 Å². The largest absolute Gasteiger partial charge is 0.372 e. The molecule has 2 heterocycles. The lowest BCUT2D eigenvalue weighted by Gasteiger charge is -2.36. The summed E-state index contributed by atoms with van der Waals surface area (Å²) in [5.74, 6) is 0. The monoisotopic (exact) mass is 498 g/mol. The molecule has 1 saturated heterocycles. The molecule has 2 fully saturated rings. The highest BCUT2D eigenvalue weighted by Crippen LogP contribution is 2.40. The molecule has 4 rings (SSSR count). The molecule has 7 nitrogen and oxygen atoms in total. The fourth-order valence-electron chi connectivity index (χ4n) is 4.47. The number of nitrogens with zero attached hydrogens (tertiary/aromatic N) is 2. The van der Waals surface area contributed by atoms with Gasteiger partial charge in [-0.25, -0.2) is 21.8 Å². The number of aryl methyl sites for hydroxylation is 1. The number of aromatic nitrogens is 1. The van der Waals surface area contributed by atoms with Crippen LogP contribution in [0.1, 0.15) is 51.5 Å². The molecule has 2 aromatic rings. The second-order valence-electron chi connectivity index (χ2n) is 8.87. The van der Waals surface area contributed by atoms with Crippen LogP contribution >= 0.6 is 11.3 Å². The Kier molecular flexibility index (Phi) is 6.68. The first kappa shape index (κ1) is 23.7. The molecule has 10 heteroatoms. The number of anilines is 1. The molecule has 1 saturated carbocycles. The van der Waals surface area contributed by atoms with Crippen molar-refractivity contribution in [1.29, 1.82) is 0 Å². The standard InChI is InChI=1S/C22H30N2O5S3/c1-15-9-11-19(12-10-15)31(25,26)20-21(24-13-16(2)29-17(3)14-24)30-22(23-20)32(27,28)18-7-5-4-6-8-18/h9-12,16-18H,4-8,13-14H2,1-3H3. The molecule has 0 bridgehead atoms.